The van der Waals surface area contributed by atoms with E-state index in [1.165, 1.54) is 6.92 Å². The zero-order chi connectivity index (χ0) is 12.9. The molecule has 0 bridgehead atoms. The summed E-state index contributed by atoms with van der Waals surface area (Å²) < 4.78 is 18.5. The Kier molecular flexibility index (Phi) is 4.37. The molecule has 0 spiro atoms. The quantitative estimate of drug-likeness (QED) is 0.584. The van der Waals surface area contributed by atoms with Crippen LogP contribution in [0.15, 0.2) is 30.3 Å². The predicted molar refractivity (Wildman–Crippen MR) is 61.0 cm³/mol. The Morgan fingerprint density at radius 3 is 2.41 bits per heavy atom. The lowest BCUT2D eigenvalue weighted by Gasteiger charge is -2.16. The van der Waals surface area contributed by atoms with Gasteiger partial charge in [-0.2, -0.15) is 0 Å². The fourth-order valence-corrected chi connectivity index (χ4v) is 1.30. The van der Waals surface area contributed by atoms with Crippen molar-refractivity contribution in [3.05, 3.63) is 35.9 Å². The van der Waals surface area contributed by atoms with Crippen molar-refractivity contribution >= 4 is 11.8 Å². The molecule has 0 N–H and O–H groups in total. The van der Waals surface area contributed by atoms with E-state index in [-0.39, 0.29) is 13.0 Å². The molecule has 1 rings (SSSR count). The van der Waals surface area contributed by atoms with E-state index in [2.05, 4.69) is 0 Å². The van der Waals surface area contributed by atoms with E-state index in [4.69, 9.17) is 4.74 Å². The molecule has 0 radical (unpaired) electrons. The summed E-state index contributed by atoms with van der Waals surface area (Å²) in [5.74, 6) is -1.90. The topological polar surface area (TPSA) is 43.4 Å². The lowest BCUT2D eigenvalue weighted by atomic mass is 10.0. The normalized spacial score (nSPS) is 13.8. The average molecular weight is 238 g/mol. The zero-order valence-corrected chi connectivity index (χ0v) is 9.90. The van der Waals surface area contributed by atoms with E-state index in [9.17, 15) is 14.0 Å². The van der Waals surface area contributed by atoms with Crippen molar-refractivity contribution in [3.63, 3.8) is 0 Å². The summed E-state index contributed by atoms with van der Waals surface area (Å²) in [7, 11) is 0. The van der Waals surface area contributed by atoms with Crippen molar-refractivity contribution in [2.45, 2.75) is 32.5 Å². The standard InChI is InChI=1S/C13H15FO3/c1-3-11(15)13(2,14)12(16)17-9-10-7-5-4-6-8-10/h4-8H,3,9H2,1-2H3/t13-/m1/s1. The first-order valence-corrected chi connectivity index (χ1v) is 5.41. The second-order valence-electron chi connectivity index (χ2n) is 3.84. The number of carbonyl (C=O) groups is 2. The highest BCUT2D eigenvalue weighted by Crippen LogP contribution is 2.17. The van der Waals surface area contributed by atoms with Gasteiger partial charge in [0, 0.05) is 6.42 Å². The molecule has 0 aliphatic carbocycles. The number of carbonyl (C=O) groups excluding carboxylic acids is 2. The highest BCUT2D eigenvalue weighted by Gasteiger charge is 2.41. The third kappa shape index (κ3) is 3.37. The van der Waals surface area contributed by atoms with Crippen molar-refractivity contribution < 1.29 is 18.7 Å². The molecule has 1 aromatic rings. The minimum absolute atomic E-state index is 0.0316. The lowest BCUT2D eigenvalue weighted by Crippen LogP contribution is -2.40. The molecule has 92 valence electrons. The number of rotatable bonds is 5. The summed E-state index contributed by atoms with van der Waals surface area (Å²) in [6.07, 6.45) is -0.0343. The molecule has 4 heteroatoms. The number of benzene rings is 1. The Balaban J connectivity index is 2.58. The molecular formula is C13H15FO3. The van der Waals surface area contributed by atoms with Crippen LogP contribution < -0.4 is 0 Å². The minimum Gasteiger partial charge on any atom is -0.458 e. The van der Waals surface area contributed by atoms with Gasteiger partial charge in [-0.25, -0.2) is 9.18 Å². The number of alkyl halides is 1. The number of esters is 1. The van der Waals surface area contributed by atoms with Crippen LogP contribution in [0.4, 0.5) is 4.39 Å². The summed E-state index contributed by atoms with van der Waals surface area (Å²) in [5, 5.41) is 0. The van der Waals surface area contributed by atoms with Crippen LogP contribution in [0.3, 0.4) is 0 Å². The van der Waals surface area contributed by atoms with Crippen LogP contribution in [0, 0.1) is 0 Å². The van der Waals surface area contributed by atoms with Gasteiger partial charge in [0.1, 0.15) is 6.61 Å². The Morgan fingerprint density at radius 2 is 1.88 bits per heavy atom. The van der Waals surface area contributed by atoms with Gasteiger partial charge >= 0.3 is 5.97 Å². The maximum atomic E-state index is 13.8. The van der Waals surface area contributed by atoms with Gasteiger partial charge in [-0.15, -0.1) is 0 Å². The second-order valence-corrected chi connectivity index (χ2v) is 3.84. The predicted octanol–water partition coefficient (Wildman–Crippen LogP) is 2.44. The molecule has 17 heavy (non-hydrogen) atoms. The molecule has 0 saturated carbocycles. The molecule has 0 aliphatic rings. The average Bonchev–Trinajstić information content (AvgIpc) is 2.35. The van der Waals surface area contributed by atoms with Gasteiger partial charge in [-0.1, -0.05) is 37.3 Å². The molecular weight excluding hydrogens is 223 g/mol. The number of Topliss-reactive ketones (excluding diaryl/α,β-unsaturated/α-hetero) is 1. The number of ketones is 1. The van der Waals surface area contributed by atoms with Crippen LogP contribution in [0.1, 0.15) is 25.8 Å². The van der Waals surface area contributed by atoms with E-state index in [1.54, 1.807) is 24.3 Å². The van der Waals surface area contributed by atoms with Crippen molar-refractivity contribution in [1.82, 2.24) is 0 Å². The summed E-state index contributed by atoms with van der Waals surface area (Å²) in [6.45, 7) is 2.41. The third-order valence-corrected chi connectivity index (χ3v) is 2.44. The smallest absolute Gasteiger partial charge is 0.351 e. The highest BCUT2D eigenvalue weighted by molar-refractivity contribution is 6.06. The minimum atomic E-state index is -2.55. The number of ether oxygens (including phenoxy) is 1. The zero-order valence-electron chi connectivity index (χ0n) is 9.90. The molecule has 1 atom stereocenters. The number of hydrogen-bond donors (Lipinski definition) is 0. The largest absolute Gasteiger partial charge is 0.458 e. The first-order valence-electron chi connectivity index (χ1n) is 5.41. The lowest BCUT2D eigenvalue weighted by molar-refractivity contribution is -0.162. The number of hydrogen-bond acceptors (Lipinski definition) is 3. The van der Waals surface area contributed by atoms with Gasteiger partial charge in [0.15, 0.2) is 5.78 Å². The SMILES string of the molecule is CCC(=O)[C@@](C)(F)C(=O)OCc1ccccc1. The molecule has 1 aromatic carbocycles. The van der Waals surface area contributed by atoms with Gasteiger partial charge in [-0.05, 0) is 12.5 Å². The van der Waals surface area contributed by atoms with Crippen LogP contribution >= 0.6 is 0 Å². The highest BCUT2D eigenvalue weighted by atomic mass is 19.1. The van der Waals surface area contributed by atoms with Crippen molar-refractivity contribution in [1.29, 1.82) is 0 Å². The molecule has 0 amide bonds. The van der Waals surface area contributed by atoms with Crippen LogP contribution in [0.2, 0.25) is 0 Å². The maximum Gasteiger partial charge on any atom is 0.351 e. The van der Waals surface area contributed by atoms with Crippen molar-refractivity contribution in [3.8, 4) is 0 Å². The van der Waals surface area contributed by atoms with E-state index in [0.29, 0.717) is 0 Å². The summed E-state index contributed by atoms with van der Waals surface area (Å²) in [5.41, 5.74) is -1.80. The molecule has 0 fully saturated rings. The summed E-state index contributed by atoms with van der Waals surface area (Å²) in [4.78, 5) is 22.6. The molecule has 3 nitrogen and oxygen atoms in total. The monoisotopic (exact) mass is 238 g/mol. The van der Waals surface area contributed by atoms with Crippen molar-refractivity contribution in [2.75, 3.05) is 0 Å². The molecule has 0 saturated heterocycles. The van der Waals surface area contributed by atoms with Crippen LogP contribution in [0.5, 0.6) is 0 Å². The molecule has 0 aliphatic heterocycles. The molecule has 0 aromatic heterocycles. The summed E-state index contributed by atoms with van der Waals surface area (Å²) >= 11 is 0. The summed E-state index contributed by atoms with van der Waals surface area (Å²) in [6, 6.07) is 8.91. The fraction of sp³-hybridized carbons (Fsp3) is 0.385. The van der Waals surface area contributed by atoms with E-state index in [0.717, 1.165) is 12.5 Å². The first kappa shape index (κ1) is 13.4. The second kappa shape index (κ2) is 5.57. The van der Waals surface area contributed by atoms with Gasteiger partial charge in [-0.3, -0.25) is 4.79 Å². The van der Waals surface area contributed by atoms with Gasteiger partial charge in [0.05, 0.1) is 0 Å². The Morgan fingerprint density at radius 1 is 1.29 bits per heavy atom. The Labute approximate surface area is 99.6 Å². The van der Waals surface area contributed by atoms with Gasteiger partial charge in [0.2, 0.25) is 0 Å². The molecule has 0 heterocycles. The number of halogens is 1. The fourth-order valence-electron chi connectivity index (χ4n) is 1.30. The Bertz CT molecular complexity index is 398. The molecule has 0 unspecified atom stereocenters. The maximum absolute atomic E-state index is 13.8. The third-order valence-electron chi connectivity index (χ3n) is 2.44. The van der Waals surface area contributed by atoms with E-state index >= 15 is 0 Å². The first-order chi connectivity index (χ1) is 7.98. The van der Waals surface area contributed by atoms with Crippen LogP contribution in [0.25, 0.3) is 0 Å². The van der Waals surface area contributed by atoms with Gasteiger partial charge < -0.3 is 4.74 Å². The Hall–Kier alpha value is -1.71. The van der Waals surface area contributed by atoms with Crippen molar-refractivity contribution in [2.24, 2.45) is 0 Å². The van der Waals surface area contributed by atoms with E-state index in [1.807, 2.05) is 6.07 Å². The van der Waals surface area contributed by atoms with Gasteiger partial charge in [0.25, 0.3) is 5.67 Å². The van der Waals surface area contributed by atoms with E-state index < -0.39 is 17.4 Å². The van der Waals surface area contributed by atoms with Crippen LogP contribution in [-0.4, -0.2) is 17.4 Å². The van der Waals surface area contributed by atoms with Crippen LogP contribution in [-0.2, 0) is 20.9 Å².